The van der Waals surface area contributed by atoms with Crippen LogP contribution >= 0.6 is 0 Å². The van der Waals surface area contributed by atoms with Crippen molar-refractivity contribution in [1.82, 2.24) is 9.29 Å². The number of anilines is 1. The van der Waals surface area contributed by atoms with Crippen LogP contribution in [0.1, 0.15) is 32.6 Å². The first kappa shape index (κ1) is 18.9. The molecule has 3 N–H and O–H groups in total. The number of rotatable bonds is 4. The molecule has 1 aliphatic heterocycles. The number of aliphatic imine (C=N–C) groups is 1. The third kappa shape index (κ3) is 3.95. The summed E-state index contributed by atoms with van der Waals surface area (Å²) in [6, 6.07) is 3.65. The molecular formula is C18H18F3N5O3S. The van der Waals surface area contributed by atoms with Crippen molar-refractivity contribution in [3.63, 3.8) is 0 Å². The van der Waals surface area contributed by atoms with Gasteiger partial charge in [-0.25, -0.2) is 35.9 Å². The van der Waals surface area contributed by atoms with Gasteiger partial charge in [-0.15, -0.1) is 0 Å². The van der Waals surface area contributed by atoms with Gasteiger partial charge in [-0.3, -0.25) is 4.79 Å². The number of sulfonamides is 1. The lowest BCUT2D eigenvalue weighted by molar-refractivity contribution is 0.101. The summed E-state index contributed by atoms with van der Waals surface area (Å²) in [4.78, 5) is 19.7. The minimum absolute atomic E-state index is 0.0439. The van der Waals surface area contributed by atoms with E-state index in [1.807, 2.05) is 0 Å². The molecule has 1 aliphatic rings. The third-order valence-electron chi connectivity index (χ3n) is 4.34. The maximum Gasteiger partial charge on any atom is 0.277 e. The number of amides is 1. The van der Waals surface area contributed by atoms with Crippen molar-refractivity contribution in [2.45, 2.75) is 19.4 Å². The quantitative estimate of drug-likeness (QED) is 0.749. The van der Waals surface area contributed by atoms with E-state index in [9.17, 15) is 26.4 Å². The van der Waals surface area contributed by atoms with Crippen molar-refractivity contribution in [1.29, 1.82) is 0 Å². The van der Waals surface area contributed by atoms with Crippen molar-refractivity contribution in [3.8, 4) is 0 Å². The minimum atomic E-state index is -4.34. The summed E-state index contributed by atoms with van der Waals surface area (Å²) in [5.74, 6) is -5.57. The number of nitrogens with zero attached hydrogens (tertiary/aromatic N) is 3. The summed E-state index contributed by atoms with van der Waals surface area (Å²) >= 11 is 0. The molecule has 8 nitrogen and oxygen atoms in total. The van der Waals surface area contributed by atoms with E-state index in [0.29, 0.717) is 16.6 Å². The van der Waals surface area contributed by atoms with Crippen LogP contribution in [0, 0.1) is 17.5 Å². The Morgan fingerprint density at radius 2 is 2.03 bits per heavy atom. The van der Waals surface area contributed by atoms with Gasteiger partial charge in [0.2, 0.25) is 16.0 Å². The molecule has 0 saturated heterocycles. The SMILES string of the molecule is [2H]C([2H])(C)N1C(N)=N[C@](C)(c2cc(NC(=O)c3ncc(F)cc3F)ccc2F)CS1(=O)=O. The zero-order valence-electron chi connectivity index (χ0n) is 17.8. The van der Waals surface area contributed by atoms with E-state index < -0.39 is 62.8 Å². The van der Waals surface area contributed by atoms with E-state index in [-0.39, 0.29) is 11.3 Å². The smallest absolute Gasteiger partial charge is 0.277 e. The van der Waals surface area contributed by atoms with Crippen LogP contribution in [-0.2, 0) is 15.6 Å². The zero-order valence-corrected chi connectivity index (χ0v) is 16.6. The largest absolute Gasteiger partial charge is 0.369 e. The molecule has 0 bridgehead atoms. The highest BCUT2D eigenvalue weighted by atomic mass is 32.2. The fourth-order valence-corrected chi connectivity index (χ4v) is 4.74. The molecule has 0 aliphatic carbocycles. The van der Waals surface area contributed by atoms with Crippen LogP contribution in [0.25, 0.3) is 0 Å². The van der Waals surface area contributed by atoms with Crippen LogP contribution in [-0.4, -0.2) is 41.8 Å². The first-order valence-electron chi connectivity index (χ1n) is 9.45. The van der Waals surface area contributed by atoms with E-state index in [0.717, 1.165) is 25.1 Å². The molecule has 0 unspecified atom stereocenters. The van der Waals surface area contributed by atoms with Crippen LogP contribution < -0.4 is 11.1 Å². The summed E-state index contributed by atoms with van der Waals surface area (Å²) in [5.41, 5.74) is 2.95. The maximum atomic E-state index is 14.7. The third-order valence-corrected chi connectivity index (χ3v) is 6.19. The van der Waals surface area contributed by atoms with Gasteiger partial charge in [0.05, 0.1) is 14.7 Å². The van der Waals surface area contributed by atoms with Gasteiger partial charge in [0, 0.05) is 23.8 Å². The van der Waals surface area contributed by atoms with Gasteiger partial charge in [-0.2, -0.15) is 0 Å². The molecule has 2 aromatic rings. The number of aromatic nitrogens is 1. The average Bonchev–Trinajstić information content (AvgIpc) is 2.60. The number of benzene rings is 1. The number of pyridine rings is 1. The Kier molecular flexibility index (Phi) is 4.77. The van der Waals surface area contributed by atoms with Crippen LogP contribution in [0.15, 0.2) is 35.5 Å². The summed E-state index contributed by atoms with van der Waals surface area (Å²) in [6.07, 6.45) is 0.650. The van der Waals surface area contributed by atoms with Gasteiger partial charge in [0.25, 0.3) is 5.91 Å². The molecule has 1 atom stereocenters. The molecule has 3 rings (SSSR count). The lowest BCUT2D eigenvalue weighted by Crippen LogP contribution is -2.52. The van der Waals surface area contributed by atoms with Gasteiger partial charge < -0.3 is 11.1 Å². The molecule has 160 valence electrons. The van der Waals surface area contributed by atoms with Gasteiger partial charge in [0.1, 0.15) is 17.2 Å². The number of nitrogens with two attached hydrogens (primary N) is 1. The summed E-state index contributed by atoms with van der Waals surface area (Å²) < 4.78 is 82.6. The zero-order chi connectivity index (χ0) is 24.1. The number of carbonyl (C=O) groups excluding carboxylic acids is 1. The predicted molar refractivity (Wildman–Crippen MR) is 104 cm³/mol. The average molecular weight is 443 g/mol. The summed E-state index contributed by atoms with van der Waals surface area (Å²) in [7, 11) is -4.34. The molecule has 2 heterocycles. The Morgan fingerprint density at radius 3 is 2.63 bits per heavy atom. The van der Waals surface area contributed by atoms with Gasteiger partial charge in [-0.1, -0.05) is 0 Å². The second-order valence-corrected chi connectivity index (χ2v) is 8.44. The maximum absolute atomic E-state index is 14.7. The Balaban J connectivity index is 2.00. The lowest BCUT2D eigenvalue weighted by Gasteiger charge is -2.36. The van der Waals surface area contributed by atoms with Crippen molar-refractivity contribution >= 4 is 27.6 Å². The van der Waals surface area contributed by atoms with Crippen molar-refractivity contribution < 1.29 is 29.1 Å². The van der Waals surface area contributed by atoms with Crippen molar-refractivity contribution in [2.75, 3.05) is 17.6 Å². The number of guanidine groups is 1. The van der Waals surface area contributed by atoms with Gasteiger partial charge in [0.15, 0.2) is 11.5 Å². The predicted octanol–water partition coefficient (Wildman–Crippen LogP) is 1.95. The van der Waals surface area contributed by atoms with E-state index in [1.54, 1.807) is 0 Å². The molecule has 12 heteroatoms. The number of hydrogen-bond acceptors (Lipinski definition) is 6. The number of carbonyl (C=O) groups is 1. The second-order valence-electron chi connectivity index (χ2n) is 6.62. The van der Waals surface area contributed by atoms with Gasteiger partial charge >= 0.3 is 0 Å². The molecule has 0 spiro atoms. The molecule has 1 amide bonds. The Bertz CT molecular complexity index is 1240. The molecule has 1 aromatic heterocycles. The standard InChI is InChI=1S/C18H18F3N5O3S/c1-3-26-17(22)25-18(2,9-30(26,28)29)12-7-11(4-5-13(12)20)24-16(27)15-14(21)6-10(19)8-23-15/h4-8H,3,9H2,1-2H3,(H2,22,25)(H,24,27)/t18-/m0/s1/i3D2. The Hall–Kier alpha value is -3.15. The molecule has 30 heavy (non-hydrogen) atoms. The van der Waals surface area contributed by atoms with E-state index in [2.05, 4.69) is 15.3 Å². The molecular weight excluding hydrogens is 423 g/mol. The Morgan fingerprint density at radius 1 is 1.33 bits per heavy atom. The number of nitrogens with one attached hydrogen (secondary N) is 1. The van der Waals surface area contributed by atoms with E-state index >= 15 is 0 Å². The van der Waals surface area contributed by atoms with Crippen LogP contribution in [0.4, 0.5) is 18.9 Å². The van der Waals surface area contributed by atoms with Crippen LogP contribution in [0.3, 0.4) is 0 Å². The first-order valence-corrected chi connectivity index (χ1v) is 10.1. The monoisotopic (exact) mass is 443 g/mol. The molecule has 0 saturated carbocycles. The highest BCUT2D eigenvalue weighted by Crippen LogP contribution is 2.35. The van der Waals surface area contributed by atoms with E-state index in [4.69, 9.17) is 8.48 Å². The van der Waals surface area contributed by atoms with E-state index in [1.165, 1.54) is 6.92 Å². The fourth-order valence-electron chi connectivity index (χ4n) is 3.07. The first-order chi connectivity index (χ1) is 14.6. The Labute approximate surface area is 173 Å². The minimum Gasteiger partial charge on any atom is -0.369 e. The molecule has 0 radical (unpaired) electrons. The number of halogens is 3. The van der Waals surface area contributed by atoms with Crippen LogP contribution in [0.2, 0.25) is 0 Å². The summed E-state index contributed by atoms with van der Waals surface area (Å²) in [5, 5.41) is 2.28. The van der Waals surface area contributed by atoms with Crippen molar-refractivity contribution in [2.24, 2.45) is 10.7 Å². The topological polar surface area (TPSA) is 118 Å². The summed E-state index contributed by atoms with van der Waals surface area (Å²) in [6.45, 7) is -0.117. The highest BCUT2D eigenvalue weighted by Gasteiger charge is 2.42. The molecule has 0 fully saturated rings. The molecule has 1 aromatic carbocycles. The number of hydrogen-bond donors (Lipinski definition) is 2. The van der Waals surface area contributed by atoms with Crippen molar-refractivity contribution in [3.05, 3.63) is 59.2 Å². The second kappa shape index (κ2) is 7.59. The fraction of sp³-hybridized carbons (Fsp3) is 0.278. The van der Waals surface area contributed by atoms with Gasteiger partial charge in [-0.05, 0) is 32.0 Å². The lowest BCUT2D eigenvalue weighted by atomic mass is 9.93. The normalized spacial score (nSPS) is 22.0. The highest BCUT2D eigenvalue weighted by molar-refractivity contribution is 7.89. The van der Waals surface area contributed by atoms with Crippen LogP contribution in [0.5, 0.6) is 0 Å².